The van der Waals surface area contributed by atoms with Gasteiger partial charge in [-0.1, -0.05) is 76.9 Å². The van der Waals surface area contributed by atoms with Crippen LogP contribution in [-0.4, -0.2) is 58.6 Å². The predicted octanol–water partition coefficient (Wildman–Crippen LogP) is 6.77. The van der Waals surface area contributed by atoms with E-state index < -0.39 is 43.7 Å². The molecule has 1 aliphatic carbocycles. The molecule has 2 bridgehead atoms. The van der Waals surface area contributed by atoms with Crippen molar-refractivity contribution in [2.45, 2.75) is 122 Å². The van der Waals surface area contributed by atoms with E-state index in [0.717, 1.165) is 38.5 Å². The van der Waals surface area contributed by atoms with E-state index in [-0.39, 0.29) is 39.8 Å². The quantitative estimate of drug-likeness (QED) is 0.282. The molecule has 0 amide bonds. The van der Waals surface area contributed by atoms with Gasteiger partial charge in [-0.2, -0.15) is 5.06 Å². The molecule has 3 fully saturated rings. The van der Waals surface area contributed by atoms with Crippen LogP contribution >= 0.6 is 0 Å². The number of benzene rings is 2. The van der Waals surface area contributed by atoms with Crippen molar-refractivity contribution in [2.75, 3.05) is 6.54 Å². The Balaban J connectivity index is 1.63. The van der Waals surface area contributed by atoms with Gasteiger partial charge in [0.25, 0.3) is 0 Å². The number of piperidine rings is 1. The molecule has 0 aromatic heterocycles. The lowest BCUT2D eigenvalue weighted by molar-refractivity contribution is -0.187. The summed E-state index contributed by atoms with van der Waals surface area (Å²) in [5, 5.41) is 0.572. The van der Waals surface area contributed by atoms with Crippen LogP contribution in [0.5, 0.6) is 0 Å². The van der Waals surface area contributed by atoms with Crippen LogP contribution in [0.15, 0.2) is 70.5 Å². The van der Waals surface area contributed by atoms with Crippen LogP contribution in [0.4, 0.5) is 0 Å². The number of unbranched alkanes of at least 4 members (excludes halogenated alkanes) is 1. The summed E-state index contributed by atoms with van der Waals surface area (Å²) >= 11 is 0. The smallest absolute Gasteiger partial charge is 0.214 e. The van der Waals surface area contributed by atoms with Crippen molar-refractivity contribution in [1.29, 1.82) is 0 Å². The molecule has 6 atom stereocenters. The lowest BCUT2D eigenvalue weighted by Crippen LogP contribution is -2.63. The highest BCUT2D eigenvalue weighted by atomic mass is 32.2. The normalized spacial score (nSPS) is 32.0. The van der Waals surface area contributed by atoms with Gasteiger partial charge < -0.3 is 4.43 Å². The minimum Gasteiger partial charge on any atom is -0.414 e. The Morgan fingerprint density at radius 1 is 0.976 bits per heavy atom. The summed E-state index contributed by atoms with van der Waals surface area (Å²) in [4.78, 5) is 4.86. The lowest BCUT2D eigenvalue weighted by atomic mass is 9.65. The van der Waals surface area contributed by atoms with E-state index in [1.165, 1.54) is 0 Å². The fraction of sp³-hybridized carbons (Fsp3) is 0.625. The summed E-state index contributed by atoms with van der Waals surface area (Å²) in [7, 11) is -10.4. The first kappa shape index (κ1) is 31.8. The van der Waals surface area contributed by atoms with Crippen molar-refractivity contribution in [2.24, 2.45) is 5.92 Å². The minimum absolute atomic E-state index is 0.0126. The fourth-order valence-corrected chi connectivity index (χ4v) is 13.1. The highest BCUT2D eigenvalue weighted by Crippen LogP contribution is 2.61. The average molecular weight is 634 g/mol. The highest BCUT2D eigenvalue weighted by molar-refractivity contribution is 7.96. The van der Waals surface area contributed by atoms with Crippen molar-refractivity contribution in [1.82, 2.24) is 5.06 Å². The molecule has 2 aromatic carbocycles. The van der Waals surface area contributed by atoms with Crippen molar-refractivity contribution >= 4 is 28.0 Å². The van der Waals surface area contributed by atoms with Crippen molar-refractivity contribution in [3.63, 3.8) is 0 Å². The Bertz CT molecular complexity index is 1480. The van der Waals surface area contributed by atoms with Crippen molar-refractivity contribution < 1.29 is 26.1 Å². The van der Waals surface area contributed by atoms with E-state index in [9.17, 15) is 16.8 Å². The minimum atomic E-state index is -4.22. The summed E-state index contributed by atoms with van der Waals surface area (Å²) in [5.74, 6) is 0.0357. The van der Waals surface area contributed by atoms with Crippen LogP contribution in [0.3, 0.4) is 0 Å². The number of hydroxylamine groups is 2. The molecule has 5 rings (SSSR count). The van der Waals surface area contributed by atoms with Gasteiger partial charge in [0.2, 0.25) is 14.8 Å². The van der Waals surface area contributed by atoms with Crippen LogP contribution < -0.4 is 0 Å². The van der Waals surface area contributed by atoms with Gasteiger partial charge in [-0.3, -0.25) is 4.84 Å². The molecule has 3 aliphatic rings. The van der Waals surface area contributed by atoms with Crippen LogP contribution in [-0.2, 0) is 28.9 Å². The molecule has 232 valence electrons. The molecule has 2 aromatic rings. The Labute approximate surface area is 253 Å². The van der Waals surface area contributed by atoms with Gasteiger partial charge in [0.15, 0.2) is 18.2 Å². The predicted molar refractivity (Wildman–Crippen MR) is 168 cm³/mol. The van der Waals surface area contributed by atoms with E-state index in [2.05, 4.69) is 40.8 Å². The molecule has 1 spiro atoms. The van der Waals surface area contributed by atoms with Gasteiger partial charge in [0, 0.05) is 25.0 Å². The SMILES string of the molecule is CCCC[C@H]1[C@H](O[Si](C)(C)C(C)(C)C)CCC[C@]12C[C@@]1(S(=O)(=O)c3ccccc3)ON2C[C@H]1S(=O)(=O)c1ccccc1. The molecule has 10 heteroatoms. The monoisotopic (exact) mass is 633 g/mol. The van der Waals surface area contributed by atoms with Crippen LogP contribution in [0, 0.1) is 5.92 Å². The first-order valence-corrected chi connectivity index (χ1v) is 21.3. The maximum atomic E-state index is 14.7. The second kappa shape index (κ2) is 11.1. The molecule has 0 radical (unpaired) electrons. The van der Waals surface area contributed by atoms with Gasteiger partial charge in [-0.15, -0.1) is 0 Å². The molecular formula is C32H47NO6S2Si. The van der Waals surface area contributed by atoms with E-state index in [4.69, 9.17) is 9.26 Å². The number of sulfone groups is 2. The van der Waals surface area contributed by atoms with Crippen LogP contribution in [0.1, 0.15) is 72.6 Å². The molecule has 2 saturated heterocycles. The lowest BCUT2D eigenvalue weighted by Gasteiger charge is -2.53. The third kappa shape index (κ3) is 5.03. The Kier molecular flexibility index (Phi) is 8.42. The molecule has 0 N–H and O–H groups in total. The Morgan fingerprint density at radius 3 is 2.14 bits per heavy atom. The number of fused-ring (bicyclic) bond motifs is 3. The standard InChI is InChI=1S/C32H47NO6S2Si/c1-7-8-20-27-28(38-42(5,6)30(2,3)4)21-15-22-31(27)24-32(41(36,37)26-18-13-10-14-19-26)29(23-33(31)39-32)40(34,35)25-16-11-9-12-17-25/h9-14,16-19,27-29H,7-8,15,20-24H2,1-6H3/t27-,28+,29+,31-,32-/m0/s1. The molecule has 1 unspecified atom stereocenters. The topological polar surface area (TPSA) is 90.0 Å². The Hall–Kier alpha value is -1.56. The second-order valence-corrected chi connectivity index (χ2v) is 23.0. The van der Waals surface area contributed by atoms with E-state index in [0.29, 0.717) is 0 Å². The molecule has 2 aliphatic heterocycles. The molecule has 2 heterocycles. The summed E-state index contributed by atoms with van der Waals surface area (Å²) in [5.41, 5.74) is -0.620. The van der Waals surface area contributed by atoms with Crippen LogP contribution in [0.25, 0.3) is 0 Å². The number of hydrogen-bond donors (Lipinski definition) is 0. The fourth-order valence-electron chi connectivity index (χ4n) is 7.18. The summed E-state index contributed by atoms with van der Waals surface area (Å²) < 4.78 is 64.8. The number of nitrogens with zero attached hydrogens (tertiary/aromatic N) is 1. The zero-order chi connectivity index (χ0) is 30.6. The van der Waals surface area contributed by atoms with E-state index in [1.807, 2.05) is 0 Å². The first-order chi connectivity index (χ1) is 19.6. The molecule has 1 saturated carbocycles. The number of rotatable bonds is 9. The van der Waals surface area contributed by atoms with Gasteiger partial charge in [-0.25, -0.2) is 16.8 Å². The van der Waals surface area contributed by atoms with Crippen molar-refractivity contribution in [3.8, 4) is 0 Å². The van der Waals surface area contributed by atoms with E-state index >= 15 is 0 Å². The maximum Gasteiger partial charge on any atom is 0.214 e. The zero-order valence-corrected chi connectivity index (χ0v) is 28.5. The Morgan fingerprint density at radius 2 is 1.57 bits per heavy atom. The molecule has 7 nitrogen and oxygen atoms in total. The third-order valence-electron chi connectivity index (χ3n) is 10.4. The molecular weight excluding hydrogens is 587 g/mol. The van der Waals surface area contributed by atoms with Crippen LogP contribution in [0.2, 0.25) is 18.1 Å². The summed E-state index contributed by atoms with van der Waals surface area (Å²) in [6, 6.07) is 16.4. The van der Waals surface area contributed by atoms with Crippen molar-refractivity contribution in [3.05, 3.63) is 60.7 Å². The largest absolute Gasteiger partial charge is 0.414 e. The summed E-state index contributed by atoms with van der Waals surface area (Å²) in [6.07, 6.45) is 5.51. The second-order valence-electron chi connectivity index (χ2n) is 14.0. The highest BCUT2D eigenvalue weighted by Gasteiger charge is 2.75. The average Bonchev–Trinajstić information content (AvgIpc) is 3.49. The third-order valence-corrected chi connectivity index (χ3v) is 19.6. The first-order valence-electron chi connectivity index (χ1n) is 15.4. The maximum absolute atomic E-state index is 14.7. The molecule has 42 heavy (non-hydrogen) atoms. The van der Waals surface area contributed by atoms with Gasteiger partial charge >= 0.3 is 0 Å². The van der Waals surface area contributed by atoms with Gasteiger partial charge in [0.1, 0.15) is 5.25 Å². The van der Waals surface area contributed by atoms with E-state index in [1.54, 1.807) is 65.7 Å². The zero-order valence-electron chi connectivity index (χ0n) is 25.9. The van der Waals surface area contributed by atoms with Gasteiger partial charge in [0.05, 0.1) is 15.3 Å². The summed E-state index contributed by atoms with van der Waals surface area (Å²) in [6.45, 7) is 13.4. The number of hydrogen-bond acceptors (Lipinski definition) is 7. The van der Waals surface area contributed by atoms with Gasteiger partial charge in [-0.05, 0) is 68.1 Å².